The van der Waals surface area contributed by atoms with E-state index in [4.69, 9.17) is 32.4 Å². The summed E-state index contributed by atoms with van der Waals surface area (Å²) >= 11 is 12.1. The van der Waals surface area contributed by atoms with Gasteiger partial charge in [-0.1, -0.05) is 23.2 Å². The number of carbonyl (C=O) groups is 1. The van der Waals surface area contributed by atoms with Crippen molar-refractivity contribution >= 4 is 40.3 Å². The van der Waals surface area contributed by atoms with E-state index in [1.807, 2.05) is 0 Å². The van der Waals surface area contributed by atoms with Crippen LogP contribution in [0.2, 0.25) is 10.0 Å². The third-order valence-electron chi connectivity index (χ3n) is 5.32. The highest BCUT2D eigenvalue weighted by molar-refractivity contribution is 6.35. The van der Waals surface area contributed by atoms with E-state index in [-0.39, 0.29) is 11.6 Å². The molecular weight excluding hydrogens is 387 g/mol. The van der Waals surface area contributed by atoms with Gasteiger partial charge in [-0.05, 0) is 36.4 Å². The number of rotatable bonds is 3. The van der Waals surface area contributed by atoms with Crippen LogP contribution in [0.1, 0.15) is 23.2 Å². The predicted molar refractivity (Wildman–Crippen MR) is 103 cm³/mol. The summed E-state index contributed by atoms with van der Waals surface area (Å²) in [6.07, 6.45) is 1.81. The molecule has 3 aromatic rings. The smallest absolute Gasteiger partial charge is 0.338 e. The monoisotopic (exact) mass is 402 g/mol. The van der Waals surface area contributed by atoms with Crippen LogP contribution >= 0.6 is 23.2 Å². The predicted octanol–water partition coefficient (Wildman–Crippen LogP) is 4.81. The molecule has 2 bridgehead atoms. The molecule has 0 spiro atoms. The largest absolute Gasteiger partial charge is 0.454 e. The van der Waals surface area contributed by atoms with Gasteiger partial charge in [0.15, 0.2) is 5.58 Å². The standard InChI is InChI=1S/C20H16Cl2N2O3/c21-14-7-13(8-15(22)10-14)18-23-16-2-1-12(9-17(16)26-18)19(25)27-20-3-5-24(11-20)6-4-20/h1-2,7-10H,3-6,11H2. The van der Waals surface area contributed by atoms with Crippen molar-refractivity contribution in [2.45, 2.75) is 18.4 Å². The summed E-state index contributed by atoms with van der Waals surface area (Å²) in [6, 6.07) is 10.3. The van der Waals surface area contributed by atoms with E-state index in [0.29, 0.717) is 38.2 Å². The second-order valence-electron chi connectivity index (χ2n) is 7.21. The lowest BCUT2D eigenvalue weighted by molar-refractivity contribution is -0.00577. The number of hydrogen-bond acceptors (Lipinski definition) is 5. The lowest BCUT2D eigenvalue weighted by atomic mass is 9.99. The van der Waals surface area contributed by atoms with Crippen molar-refractivity contribution in [3.8, 4) is 11.5 Å². The zero-order valence-electron chi connectivity index (χ0n) is 14.4. The third kappa shape index (κ3) is 3.10. The summed E-state index contributed by atoms with van der Waals surface area (Å²) in [7, 11) is 0. The first-order valence-corrected chi connectivity index (χ1v) is 9.58. The second kappa shape index (κ2) is 6.23. The molecule has 0 N–H and O–H groups in total. The Labute approximate surface area is 165 Å². The van der Waals surface area contributed by atoms with Crippen molar-refractivity contribution in [3.05, 3.63) is 52.0 Å². The second-order valence-corrected chi connectivity index (χ2v) is 8.08. The highest BCUT2D eigenvalue weighted by Gasteiger charge is 2.46. The molecule has 2 fully saturated rings. The molecule has 0 unspecified atom stereocenters. The number of oxazole rings is 1. The Morgan fingerprint density at radius 2 is 1.85 bits per heavy atom. The molecule has 138 valence electrons. The van der Waals surface area contributed by atoms with Gasteiger partial charge >= 0.3 is 5.97 Å². The molecule has 5 nitrogen and oxygen atoms in total. The van der Waals surface area contributed by atoms with Gasteiger partial charge in [0.2, 0.25) is 5.89 Å². The zero-order valence-corrected chi connectivity index (χ0v) is 15.9. The van der Waals surface area contributed by atoms with Crippen molar-refractivity contribution in [1.82, 2.24) is 9.88 Å². The van der Waals surface area contributed by atoms with Crippen molar-refractivity contribution in [2.24, 2.45) is 0 Å². The number of piperidine rings is 1. The minimum Gasteiger partial charge on any atom is -0.454 e. The first kappa shape index (κ1) is 17.0. The molecule has 1 aromatic heterocycles. The van der Waals surface area contributed by atoms with E-state index in [1.54, 1.807) is 36.4 Å². The molecule has 0 radical (unpaired) electrons. The Bertz CT molecular complexity index is 1030. The topological polar surface area (TPSA) is 55.6 Å². The molecule has 0 aliphatic carbocycles. The Balaban J connectivity index is 1.44. The number of hydrogen-bond donors (Lipinski definition) is 0. The highest BCUT2D eigenvalue weighted by atomic mass is 35.5. The van der Waals surface area contributed by atoms with Crippen LogP contribution < -0.4 is 0 Å². The first-order valence-electron chi connectivity index (χ1n) is 8.83. The summed E-state index contributed by atoms with van der Waals surface area (Å²) in [4.78, 5) is 19.4. The van der Waals surface area contributed by atoms with E-state index in [1.165, 1.54) is 0 Å². The van der Waals surface area contributed by atoms with Crippen molar-refractivity contribution in [2.75, 3.05) is 19.6 Å². The van der Waals surface area contributed by atoms with E-state index in [2.05, 4.69) is 9.88 Å². The number of fused-ring (bicyclic) bond motifs is 3. The summed E-state index contributed by atoms with van der Waals surface area (Å²) in [5.41, 5.74) is 2.00. The Hall–Kier alpha value is -2.08. The number of esters is 1. The van der Waals surface area contributed by atoms with Gasteiger partial charge in [-0.25, -0.2) is 9.78 Å². The molecular formula is C20H16Cl2N2O3. The van der Waals surface area contributed by atoms with Gasteiger partial charge in [-0.15, -0.1) is 0 Å². The molecule has 5 rings (SSSR count). The summed E-state index contributed by atoms with van der Waals surface area (Å²) in [6.45, 7) is 2.84. The lowest BCUT2D eigenvalue weighted by Crippen LogP contribution is -2.33. The van der Waals surface area contributed by atoms with Gasteiger partial charge in [-0.3, -0.25) is 4.90 Å². The van der Waals surface area contributed by atoms with Crippen molar-refractivity contribution < 1.29 is 13.9 Å². The molecule has 3 heterocycles. The van der Waals surface area contributed by atoms with E-state index < -0.39 is 0 Å². The molecule has 2 saturated heterocycles. The molecule has 0 atom stereocenters. The first-order chi connectivity index (χ1) is 13.0. The highest BCUT2D eigenvalue weighted by Crippen LogP contribution is 2.36. The third-order valence-corrected chi connectivity index (χ3v) is 5.76. The summed E-state index contributed by atoms with van der Waals surface area (Å²) in [5, 5.41) is 1.01. The van der Waals surface area contributed by atoms with E-state index in [9.17, 15) is 4.79 Å². The van der Waals surface area contributed by atoms with Crippen molar-refractivity contribution in [1.29, 1.82) is 0 Å². The number of benzene rings is 2. The quantitative estimate of drug-likeness (QED) is 0.588. The summed E-state index contributed by atoms with van der Waals surface area (Å²) < 4.78 is 11.7. The minimum absolute atomic E-state index is 0.315. The maximum absolute atomic E-state index is 12.7. The van der Waals surface area contributed by atoms with Crippen LogP contribution in [0.15, 0.2) is 40.8 Å². The fraction of sp³-hybridized carbons (Fsp3) is 0.300. The maximum Gasteiger partial charge on any atom is 0.338 e. The minimum atomic E-state index is -0.323. The van der Waals surface area contributed by atoms with Crippen LogP contribution in [-0.2, 0) is 4.74 Å². The molecule has 27 heavy (non-hydrogen) atoms. The number of halogens is 2. The average Bonchev–Trinajstić information content (AvgIpc) is 3.33. The van der Waals surface area contributed by atoms with Gasteiger partial charge in [0.1, 0.15) is 11.1 Å². The molecule has 0 saturated carbocycles. The van der Waals surface area contributed by atoms with Crippen LogP contribution in [0.25, 0.3) is 22.6 Å². The number of aromatic nitrogens is 1. The molecule has 2 aliphatic rings. The zero-order chi connectivity index (χ0) is 18.6. The fourth-order valence-electron chi connectivity index (χ4n) is 3.93. The molecule has 7 heteroatoms. The lowest BCUT2D eigenvalue weighted by Gasteiger charge is -2.25. The van der Waals surface area contributed by atoms with Gasteiger partial charge in [0.05, 0.1) is 5.56 Å². The molecule has 2 aliphatic heterocycles. The average molecular weight is 403 g/mol. The van der Waals surface area contributed by atoms with Crippen LogP contribution in [0.4, 0.5) is 0 Å². The normalized spacial score (nSPS) is 23.9. The van der Waals surface area contributed by atoms with E-state index in [0.717, 1.165) is 32.5 Å². The van der Waals surface area contributed by atoms with Gasteiger partial charge < -0.3 is 9.15 Å². The van der Waals surface area contributed by atoms with Gasteiger partial charge in [0, 0.05) is 48.1 Å². The Morgan fingerprint density at radius 3 is 2.52 bits per heavy atom. The van der Waals surface area contributed by atoms with E-state index >= 15 is 0 Å². The number of nitrogens with zero attached hydrogens (tertiary/aromatic N) is 2. The number of carbonyl (C=O) groups excluding carboxylic acids is 1. The van der Waals surface area contributed by atoms with Gasteiger partial charge in [0.25, 0.3) is 0 Å². The summed E-state index contributed by atoms with van der Waals surface area (Å²) in [5.74, 6) is 0.0881. The fourth-order valence-corrected chi connectivity index (χ4v) is 4.45. The number of ether oxygens (including phenoxy) is 1. The molecule has 2 aromatic carbocycles. The molecule has 0 amide bonds. The SMILES string of the molecule is O=C(OC12CCN(CC1)C2)c1ccc2nc(-c3cc(Cl)cc(Cl)c3)oc2c1. The van der Waals surface area contributed by atoms with Gasteiger partial charge in [-0.2, -0.15) is 0 Å². The van der Waals surface area contributed by atoms with Crippen LogP contribution in [0.3, 0.4) is 0 Å². The maximum atomic E-state index is 12.7. The van der Waals surface area contributed by atoms with Crippen LogP contribution in [0.5, 0.6) is 0 Å². The Kier molecular flexibility index (Phi) is 3.93. The van der Waals surface area contributed by atoms with Crippen LogP contribution in [0, 0.1) is 0 Å². The Morgan fingerprint density at radius 1 is 1.11 bits per heavy atom. The van der Waals surface area contributed by atoms with Crippen LogP contribution in [-0.4, -0.2) is 41.1 Å². The van der Waals surface area contributed by atoms with Crippen molar-refractivity contribution in [3.63, 3.8) is 0 Å².